The molecule has 1 amide bonds. The minimum absolute atomic E-state index is 0.0563. The van der Waals surface area contributed by atoms with Crippen LogP contribution in [0.2, 0.25) is 0 Å². The first kappa shape index (κ1) is 15.6. The molecule has 1 fully saturated rings. The van der Waals surface area contributed by atoms with Crippen molar-refractivity contribution in [2.75, 3.05) is 44.2 Å². The van der Waals surface area contributed by atoms with E-state index in [0.717, 1.165) is 32.7 Å². The summed E-state index contributed by atoms with van der Waals surface area (Å²) < 4.78 is 5.16. The van der Waals surface area contributed by atoms with E-state index in [2.05, 4.69) is 39.4 Å². The summed E-state index contributed by atoms with van der Waals surface area (Å²) in [5.74, 6) is 0.609. The highest BCUT2D eigenvalue weighted by Gasteiger charge is 2.17. The van der Waals surface area contributed by atoms with E-state index in [9.17, 15) is 4.79 Å². The number of anilines is 1. The number of nitrogens with zero attached hydrogens (tertiary/aromatic N) is 2. The molecule has 0 bridgehead atoms. The van der Waals surface area contributed by atoms with Gasteiger partial charge in [0.25, 0.3) is 5.91 Å². The van der Waals surface area contributed by atoms with Crippen LogP contribution in [0.25, 0.3) is 0 Å². The van der Waals surface area contributed by atoms with Crippen LogP contribution in [-0.4, -0.2) is 50.1 Å². The first-order valence-corrected chi connectivity index (χ1v) is 8.08. The van der Waals surface area contributed by atoms with Crippen molar-refractivity contribution in [3.05, 3.63) is 54.0 Å². The van der Waals surface area contributed by atoms with Gasteiger partial charge in [0.2, 0.25) is 0 Å². The molecule has 0 aliphatic carbocycles. The van der Waals surface area contributed by atoms with Gasteiger partial charge in [-0.3, -0.25) is 9.69 Å². The number of nitrogens with one attached hydrogen (secondary N) is 1. The number of furan rings is 1. The number of amides is 1. The molecule has 3 rings (SSSR count). The van der Waals surface area contributed by atoms with Gasteiger partial charge in [0.05, 0.1) is 11.8 Å². The smallest absolute Gasteiger partial charge is 0.254 e. The van der Waals surface area contributed by atoms with E-state index in [-0.39, 0.29) is 5.91 Å². The van der Waals surface area contributed by atoms with Crippen molar-refractivity contribution >= 4 is 11.6 Å². The molecule has 122 valence electrons. The number of benzene rings is 1. The van der Waals surface area contributed by atoms with Crippen LogP contribution >= 0.6 is 0 Å². The second kappa shape index (κ2) is 7.33. The Hall–Kier alpha value is -2.27. The quantitative estimate of drug-likeness (QED) is 0.919. The zero-order chi connectivity index (χ0) is 16.1. The fraction of sp³-hybridized carbons (Fsp3) is 0.389. The number of hydrogen-bond acceptors (Lipinski definition) is 4. The first-order valence-electron chi connectivity index (χ1n) is 8.08. The van der Waals surface area contributed by atoms with E-state index in [1.165, 1.54) is 5.69 Å². The molecule has 23 heavy (non-hydrogen) atoms. The molecule has 1 aromatic heterocycles. The van der Waals surface area contributed by atoms with Crippen molar-refractivity contribution in [1.82, 2.24) is 10.2 Å². The van der Waals surface area contributed by atoms with Gasteiger partial charge in [-0.2, -0.15) is 0 Å². The Morgan fingerprint density at radius 2 is 1.87 bits per heavy atom. The summed E-state index contributed by atoms with van der Waals surface area (Å²) in [4.78, 5) is 16.8. The van der Waals surface area contributed by atoms with Gasteiger partial charge < -0.3 is 14.6 Å². The molecule has 1 aliphatic rings. The molecular weight excluding hydrogens is 290 g/mol. The number of piperazine rings is 1. The second-order valence-electron chi connectivity index (χ2n) is 5.81. The van der Waals surface area contributed by atoms with Crippen molar-refractivity contribution in [3.63, 3.8) is 0 Å². The summed E-state index contributed by atoms with van der Waals surface area (Å²) in [6.07, 6.45) is 1.55. The maximum Gasteiger partial charge on any atom is 0.254 e. The van der Waals surface area contributed by atoms with Crippen LogP contribution < -0.4 is 10.2 Å². The Morgan fingerprint density at radius 3 is 2.52 bits per heavy atom. The Morgan fingerprint density at radius 1 is 1.13 bits per heavy atom. The maximum atomic E-state index is 12.0. The summed E-state index contributed by atoms with van der Waals surface area (Å²) in [5, 5.41) is 2.96. The fourth-order valence-corrected chi connectivity index (χ4v) is 2.91. The predicted molar refractivity (Wildman–Crippen MR) is 90.9 cm³/mol. The number of rotatable bonds is 5. The largest absolute Gasteiger partial charge is 0.469 e. The Balaban J connectivity index is 1.40. The molecule has 0 atom stereocenters. The lowest BCUT2D eigenvalue weighted by molar-refractivity contribution is 0.0946. The monoisotopic (exact) mass is 313 g/mol. The highest BCUT2D eigenvalue weighted by molar-refractivity contribution is 5.94. The molecule has 0 spiro atoms. The van der Waals surface area contributed by atoms with E-state index < -0.39 is 0 Å². The molecule has 2 aromatic rings. The van der Waals surface area contributed by atoms with Gasteiger partial charge in [0.1, 0.15) is 5.76 Å². The van der Waals surface area contributed by atoms with Gasteiger partial charge >= 0.3 is 0 Å². The Labute approximate surface area is 136 Å². The molecule has 0 radical (unpaired) electrons. The first-order chi connectivity index (χ1) is 11.2. The number of hydrogen-bond donors (Lipinski definition) is 1. The van der Waals surface area contributed by atoms with E-state index in [1.807, 2.05) is 6.07 Å². The highest BCUT2D eigenvalue weighted by Crippen LogP contribution is 2.15. The third-order valence-corrected chi connectivity index (χ3v) is 4.31. The lowest BCUT2D eigenvalue weighted by Gasteiger charge is -2.36. The summed E-state index contributed by atoms with van der Waals surface area (Å²) in [7, 11) is 0. The van der Waals surface area contributed by atoms with Gasteiger partial charge in [-0.05, 0) is 25.1 Å². The van der Waals surface area contributed by atoms with Gasteiger partial charge in [-0.15, -0.1) is 0 Å². The van der Waals surface area contributed by atoms with Crippen LogP contribution in [0.1, 0.15) is 16.1 Å². The highest BCUT2D eigenvalue weighted by atomic mass is 16.3. The molecule has 0 unspecified atom stereocenters. The average Bonchev–Trinajstić information content (AvgIpc) is 3.02. The molecule has 1 saturated heterocycles. The summed E-state index contributed by atoms with van der Waals surface area (Å²) >= 11 is 0. The number of para-hydroxylation sites is 1. The number of carbonyl (C=O) groups excluding carboxylic acids is 1. The SMILES string of the molecule is Cc1occc1C(=O)NCCN1CCN(c2ccccc2)CC1. The summed E-state index contributed by atoms with van der Waals surface area (Å²) in [5.41, 5.74) is 1.91. The van der Waals surface area contributed by atoms with Gasteiger partial charge in [0.15, 0.2) is 0 Å². The third-order valence-electron chi connectivity index (χ3n) is 4.31. The van der Waals surface area contributed by atoms with Crippen LogP contribution in [0.15, 0.2) is 47.1 Å². The van der Waals surface area contributed by atoms with Gasteiger partial charge in [0, 0.05) is 45.0 Å². The number of aryl methyl sites for hydroxylation is 1. The van der Waals surface area contributed by atoms with E-state index in [4.69, 9.17) is 4.42 Å². The molecule has 2 heterocycles. The minimum Gasteiger partial charge on any atom is -0.469 e. The second-order valence-corrected chi connectivity index (χ2v) is 5.81. The van der Waals surface area contributed by atoms with Crippen LogP contribution in [-0.2, 0) is 0 Å². The molecule has 5 nitrogen and oxygen atoms in total. The van der Waals surface area contributed by atoms with Crippen LogP contribution in [0.5, 0.6) is 0 Å². The zero-order valence-corrected chi connectivity index (χ0v) is 13.5. The number of carbonyl (C=O) groups is 1. The molecule has 1 aromatic carbocycles. The minimum atomic E-state index is -0.0563. The van der Waals surface area contributed by atoms with E-state index >= 15 is 0 Å². The van der Waals surface area contributed by atoms with Crippen molar-refractivity contribution in [2.24, 2.45) is 0 Å². The van der Waals surface area contributed by atoms with Gasteiger partial charge in [-0.1, -0.05) is 18.2 Å². The van der Waals surface area contributed by atoms with E-state index in [1.54, 1.807) is 19.3 Å². The van der Waals surface area contributed by atoms with Crippen LogP contribution in [0.3, 0.4) is 0 Å². The normalized spacial score (nSPS) is 15.6. The van der Waals surface area contributed by atoms with Crippen LogP contribution in [0.4, 0.5) is 5.69 Å². The van der Waals surface area contributed by atoms with E-state index in [0.29, 0.717) is 17.9 Å². The Kier molecular flexibility index (Phi) is 4.98. The fourth-order valence-electron chi connectivity index (χ4n) is 2.91. The predicted octanol–water partition coefficient (Wildman–Crippen LogP) is 2.14. The zero-order valence-electron chi connectivity index (χ0n) is 13.5. The molecular formula is C18H23N3O2. The van der Waals surface area contributed by atoms with Gasteiger partial charge in [-0.25, -0.2) is 0 Å². The van der Waals surface area contributed by atoms with Crippen molar-refractivity contribution < 1.29 is 9.21 Å². The van der Waals surface area contributed by atoms with Crippen LogP contribution in [0, 0.1) is 6.92 Å². The lowest BCUT2D eigenvalue weighted by atomic mass is 10.2. The third kappa shape index (κ3) is 3.93. The Bertz CT molecular complexity index is 631. The standard InChI is InChI=1S/C18H23N3O2/c1-15-17(7-14-23-15)18(22)19-8-9-20-10-12-21(13-11-20)16-5-3-2-4-6-16/h2-7,14H,8-13H2,1H3,(H,19,22). The van der Waals surface area contributed by atoms with Crippen molar-refractivity contribution in [3.8, 4) is 0 Å². The van der Waals surface area contributed by atoms with Crippen molar-refractivity contribution in [1.29, 1.82) is 0 Å². The molecule has 5 heteroatoms. The molecule has 1 N–H and O–H groups in total. The summed E-state index contributed by atoms with van der Waals surface area (Å²) in [6, 6.07) is 12.2. The summed E-state index contributed by atoms with van der Waals surface area (Å²) in [6.45, 7) is 7.44. The molecule has 0 saturated carbocycles. The average molecular weight is 313 g/mol. The maximum absolute atomic E-state index is 12.0. The topological polar surface area (TPSA) is 48.7 Å². The lowest BCUT2D eigenvalue weighted by Crippen LogP contribution is -2.48. The van der Waals surface area contributed by atoms with Crippen molar-refractivity contribution in [2.45, 2.75) is 6.92 Å². The molecule has 1 aliphatic heterocycles.